The van der Waals surface area contributed by atoms with E-state index in [1.54, 1.807) is 18.3 Å². The number of aromatic nitrogens is 2. The lowest BCUT2D eigenvalue weighted by atomic mass is 10.1. The van der Waals surface area contributed by atoms with Crippen LogP contribution in [0.25, 0.3) is 11.3 Å². The van der Waals surface area contributed by atoms with E-state index in [1.165, 1.54) is 13.2 Å². The molecule has 1 aromatic carbocycles. The molecule has 2 rings (SSSR count). The van der Waals surface area contributed by atoms with Crippen LogP contribution in [0, 0.1) is 5.82 Å². The maximum atomic E-state index is 13.6. The molecule has 0 unspecified atom stereocenters. The maximum Gasteiger partial charge on any atom is 0.165 e. The Bertz CT molecular complexity index is 525. The molecule has 96 valence electrons. The first-order chi connectivity index (χ1) is 8.74. The predicted octanol–water partition coefficient (Wildman–Crippen LogP) is 2.33. The Hall–Kier alpha value is -1.88. The van der Waals surface area contributed by atoms with Crippen molar-refractivity contribution in [1.29, 1.82) is 0 Å². The van der Waals surface area contributed by atoms with Gasteiger partial charge in [-0.3, -0.25) is 0 Å². The van der Waals surface area contributed by atoms with Crippen LogP contribution >= 0.6 is 0 Å². The van der Waals surface area contributed by atoms with Crippen LogP contribution in [-0.4, -0.2) is 23.6 Å². The summed E-state index contributed by atoms with van der Waals surface area (Å²) in [4.78, 5) is 7.38. The summed E-state index contributed by atoms with van der Waals surface area (Å²) in [5.41, 5.74) is 1.55. The van der Waals surface area contributed by atoms with Gasteiger partial charge in [0.1, 0.15) is 5.82 Å². The second kappa shape index (κ2) is 5.64. The Kier molecular flexibility index (Phi) is 3.94. The van der Waals surface area contributed by atoms with E-state index in [4.69, 9.17) is 4.74 Å². The van der Waals surface area contributed by atoms with Crippen molar-refractivity contribution in [2.45, 2.75) is 13.5 Å². The standard InChI is InChI=1S/C13H16FN3O/c1-3-15-8-13-16-7-11(17-13)9-4-5-12(18-2)10(14)6-9/h4-7,15H,3,8H2,1-2H3,(H,16,17). The van der Waals surface area contributed by atoms with E-state index in [9.17, 15) is 4.39 Å². The van der Waals surface area contributed by atoms with Crippen molar-refractivity contribution in [2.24, 2.45) is 0 Å². The fraction of sp³-hybridized carbons (Fsp3) is 0.308. The molecule has 0 saturated carbocycles. The molecule has 2 aromatic rings. The van der Waals surface area contributed by atoms with Crippen LogP contribution in [0.15, 0.2) is 24.4 Å². The Morgan fingerprint density at radius 2 is 2.28 bits per heavy atom. The van der Waals surface area contributed by atoms with Crippen LogP contribution in [0.1, 0.15) is 12.7 Å². The molecule has 0 bridgehead atoms. The molecule has 2 N–H and O–H groups in total. The Balaban J connectivity index is 2.20. The normalized spacial score (nSPS) is 10.6. The molecule has 0 aliphatic rings. The molecule has 4 nitrogen and oxygen atoms in total. The number of ether oxygens (including phenoxy) is 1. The number of H-pyrrole nitrogens is 1. The van der Waals surface area contributed by atoms with Crippen molar-refractivity contribution in [2.75, 3.05) is 13.7 Å². The minimum absolute atomic E-state index is 0.242. The van der Waals surface area contributed by atoms with Crippen molar-refractivity contribution >= 4 is 0 Å². The summed E-state index contributed by atoms with van der Waals surface area (Å²) in [6.45, 7) is 3.59. The van der Waals surface area contributed by atoms with Gasteiger partial charge in [-0.25, -0.2) is 9.37 Å². The molecule has 1 heterocycles. The van der Waals surface area contributed by atoms with Gasteiger partial charge in [-0.05, 0) is 24.7 Å². The number of aromatic amines is 1. The first-order valence-electron chi connectivity index (χ1n) is 5.83. The molecular weight excluding hydrogens is 233 g/mol. The van der Waals surface area contributed by atoms with E-state index in [2.05, 4.69) is 15.3 Å². The van der Waals surface area contributed by atoms with Crippen molar-refractivity contribution in [3.05, 3.63) is 36.0 Å². The highest BCUT2D eigenvalue weighted by atomic mass is 19.1. The predicted molar refractivity (Wildman–Crippen MR) is 67.9 cm³/mol. The van der Waals surface area contributed by atoms with Crippen LogP contribution < -0.4 is 10.1 Å². The molecule has 0 spiro atoms. The topological polar surface area (TPSA) is 49.9 Å². The fourth-order valence-corrected chi connectivity index (χ4v) is 1.68. The van der Waals surface area contributed by atoms with Crippen LogP contribution in [0.3, 0.4) is 0 Å². The smallest absolute Gasteiger partial charge is 0.165 e. The summed E-state index contributed by atoms with van der Waals surface area (Å²) in [7, 11) is 1.45. The van der Waals surface area contributed by atoms with Crippen LogP contribution in [0.4, 0.5) is 4.39 Å². The molecule has 0 aliphatic heterocycles. The summed E-state index contributed by atoms with van der Waals surface area (Å²) in [5.74, 6) is 0.701. The molecule has 0 aliphatic carbocycles. The highest BCUT2D eigenvalue weighted by Gasteiger charge is 2.07. The molecule has 1 aromatic heterocycles. The zero-order valence-corrected chi connectivity index (χ0v) is 10.5. The number of benzene rings is 1. The summed E-state index contributed by atoms with van der Waals surface area (Å²) in [5, 5.41) is 3.17. The van der Waals surface area contributed by atoms with Gasteiger partial charge >= 0.3 is 0 Å². The van der Waals surface area contributed by atoms with Gasteiger partial charge in [0.25, 0.3) is 0 Å². The number of hydrogen-bond acceptors (Lipinski definition) is 3. The molecule has 0 atom stereocenters. The third kappa shape index (κ3) is 2.68. The Morgan fingerprint density at radius 1 is 1.44 bits per heavy atom. The number of rotatable bonds is 5. The largest absolute Gasteiger partial charge is 0.494 e. The second-order valence-corrected chi connectivity index (χ2v) is 3.87. The van der Waals surface area contributed by atoms with Gasteiger partial charge in [-0.1, -0.05) is 6.92 Å². The Labute approximate surface area is 105 Å². The molecular formula is C13H16FN3O. The molecule has 0 fully saturated rings. The number of hydrogen-bond donors (Lipinski definition) is 2. The summed E-state index contributed by atoms with van der Waals surface area (Å²) >= 11 is 0. The lowest BCUT2D eigenvalue weighted by Crippen LogP contribution is -2.12. The van der Waals surface area contributed by atoms with Gasteiger partial charge in [-0.15, -0.1) is 0 Å². The van der Waals surface area contributed by atoms with Gasteiger partial charge in [0.15, 0.2) is 11.6 Å². The number of imidazole rings is 1. The average Bonchev–Trinajstić information content (AvgIpc) is 2.85. The van der Waals surface area contributed by atoms with Crippen molar-refractivity contribution in [3.63, 3.8) is 0 Å². The number of methoxy groups -OCH3 is 1. The number of nitrogens with zero attached hydrogens (tertiary/aromatic N) is 1. The van der Waals surface area contributed by atoms with E-state index in [0.29, 0.717) is 6.54 Å². The minimum Gasteiger partial charge on any atom is -0.494 e. The summed E-state index contributed by atoms with van der Waals surface area (Å²) < 4.78 is 18.5. The number of halogens is 1. The summed E-state index contributed by atoms with van der Waals surface area (Å²) in [6.07, 6.45) is 1.70. The zero-order valence-electron chi connectivity index (χ0n) is 10.5. The highest BCUT2D eigenvalue weighted by molar-refractivity contribution is 5.59. The zero-order chi connectivity index (χ0) is 13.0. The van der Waals surface area contributed by atoms with Crippen molar-refractivity contribution in [3.8, 4) is 17.0 Å². The average molecular weight is 249 g/mol. The Morgan fingerprint density at radius 3 is 2.94 bits per heavy atom. The SMILES string of the molecule is CCNCc1ncc(-c2ccc(OC)c(F)c2)[nH]1. The maximum absolute atomic E-state index is 13.6. The molecule has 0 radical (unpaired) electrons. The second-order valence-electron chi connectivity index (χ2n) is 3.87. The van der Waals surface area contributed by atoms with Gasteiger partial charge in [0, 0.05) is 5.56 Å². The van der Waals surface area contributed by atoms with E-state index in [0.717, 1.165) is 23.6 Å². The van der Waals surface area contributed by atoms with Crippen LogP contribution in [0.2, 0.25) is 0 Å². The minimum atomic E-state index is -0.377. The third-order valence-electron chi connectivity index (χ3n) is 2.63. The van der Waals surface area contributed by atoms with Crippen LogP contribution in [0.5, 0.6) is 5.75 Å². The van der Waals surface area contributed by atoms with Gasteiger partial charge in [0.05, 0.1) is 25.5 Å². The van der Waals surface area contributed by atoms with Crippen LogP contribution in [-0.2, 0) is 6.54 Å². The lowest BCUT2D eigenvalue weighted by molar-refractivity contribution is 0.386. The van der Waals surface area contributed by atoms with Gasteiger partial charge < -0.3 is 15.0 Å². The van der Waals surface area contributed by atoms with Crippen molar-refractivity contribution < 1.29 is 9.13 Å². The first kappa shape index (κ1) is 12.6. The number of nitrogens with one attached hydrogen (secondary N) is 2. The van der Waals surface area contributed by atoms with E-state index in [-0.39, 0.29) is 11.6 Å². The molecule has 0 amide bonds. The van der Waals surface area contributed by atoms with Crippen molar-refractivity contribution in [1.82, 2.24) is 15.3 Å². The first-order valence-corrected chi connectivity index (χ1v) is 5.83. The van der Waals surface area contributed by atoms with Gasteiger partial charge in [-0.2, -0.15) is 0 Å². The van der Waals surface area contributed by atoms with Gasteiger partial charge in [0.2, 0.25) is 0 Å². The summed E-state index contributed by atoms with van der Waals surface area (Å²) in [6, 6.07) is 4.84. The van der Waals surface area contributed by atoms with E-state index in [1.807, 2.05) is 6.92 Å². The highest BCUT2D eigenvalue weighted by Crippen LogP contribution is 2.24. The lowest BCUT2D eigenvalue weighted by Gasteiger charge is -2.03. The van der Waals surface area contributed by atoms with E-state index < -0.39 is 0 Å². The fourth-order valence-electron chi connectivity index (χ4n) is 1.68. The third-order valence-corrected chi connectivity index (χ3v) is 2.63. The molecule has 18 heavy (non-hydrogen) atoms. The monoisotopic (exact) mass is 249 g/mol. The molecule has 0 saturated heterocycles. The van der Waals surface area contributed by atoms with E-state index >= 15 is 0 Å². The molecule has 5 heteroatoms. The quantitative estimate of drug-likeness (QED) is 0.855.